The Kier molecular flexibility index (Phi) is 4.15. The lowest BCUT2D eigenvalue weighted by atomic mass is 10.2. The average Bonchev–Trinajstić information content (AvgIpc) is 3.05. The number of nitrogens with zero attached hydrogens (tertiary/aromatic N) is 5. The van der Waals surface area contributed by atoms with E-state index < -0.39 is 0 Å². The number of fused-ring (bicyclic) bond motifs is 1. The maximum atomic E-state index is 6.06. The van der Waals surface area contributed by atoms with Gasteiger partial charge in [0, 0.05) is 10.8 Å². The molecule has 4 aromatic rings. The van der Waals surface area contributed by atoms with Gasteiger partial charge < -0.3 is 0 Å². The smallest absolute Gasteiger partial charge is 0.187 e. The fourth-order valence-corrected chi connectivity index (χ4v) is 3.41. The van der Waals surface area contributed by atoms with E-state index in [2.05, 4.69) is 32.4 Å². The van der Waals surface area contributed by atoms with Crippen molar-refractivity contribution in [3.05, 3.63) is 71.5 Å². The number of hydrogen-bond acceptors (Lipinski definition) is 5. The molecule has 0 aliphatic heterocycles. The Morgan fingerprint density at radius 2 is 1.88 bits per heavy atom. The van der Waals surface area contributed by atoms with E-state index in [1.807, 2.05) is 42.5 Å². The first-order valence-corrected chi connectivity index (χ1v) is 8.67. The Hall–Kier alpha value is -2.44. The van der Waals surface area contributed by atoms with Gasteiger partial charge in [-0.15, -0.1) is 5.10 Å². The fourth-order valence-electron chi connectivity index (χ4n) is 2.34. The van der Waals surface area contributed by atoms with Crippen molar-refractivity contribution in [2.75, 3.05) is 0 Å². The van der Waals surface area contributed by atoms with Gasteiger partial charge in [0.1, 0.15) is 11.4 Å². The van der Waals surface area contributed by atoms with Gasteiger partial charge in [-0.1, -0.05) is 65.0 Å². The van der Waals surface area contributed by atoms with E-state index in [-0.39, 0.29) is 0 Å². The summed E-state index contributed by atoms with van der Waals surface area (Å²) in [6.45, 7) is 0. The van der Waals surface area contributed by atoms with Crippen LogP contribution in [-0.4, -0.2) is 25.0 Å². The van der Waals surface area contributed by atoms with E-state index in [1.165, 1.54) is 5.56 Å². The summed E-state index contributed by atoms with van der Waals surface area (Å²) in [5.74, 6) is 0.816. The molecule has 24 heavy (non-hydrogen) atoms. The first-order chi connectivity index (χ1) is 11.8. The molecule has 7 heteroatoms. The van der Waals surface area contributed by atoms with Crippen molar-refractivity contribution in [2.24, 2.45) is 0 Å². The molecule has 0 N–H and O–H groups in total. The second-order valence-corrected chi connectivity index (χ2v) is 6.51. The summed E-state index contributed by atoms with van der Waals surface area (Å²) < 4.78 is 1.68. The largest absolute Gasteiger partial charge is 0.227 e. The Labute approximate surface area is 147 Å². The van der Waals surface area contributed by atoms with Crippen LogP contribution in [0.5, 0.6) is 0 Å². The molecule has 0 amide bonds. The van der Waals surface area contributed by atoms with Crippen LogP contribution in [0.25, 0.3) is 16.9 Å². The zero-order chi connectivity index (χ0) is 16.4. The minimum absolute atomic E-state index is 0.642. The van der Waals surface area contributed by atoms with Gasteiger partial charge in [0.2, 0.25) is 0 Å². The van der Waals surface area contributed by atoms with E-state index in [1.54, 1.807) is 22.8 Å². The van der Waals surface area contributed by atoms with E-state index in [0.717, 1.165) is 16.5 Å². The van der Waals surface area contributed by atoms with E-state index in [0.29, 0.717) is 16.2 Å². The molecule has 0 atom stereocenters. The van der Waals surface area contributed by atoms with Gasteiger partial charge in [0.15, 0.2) is 11.2 Å². The highest BCUT2D eigenvalue weighted by Gasteiger charge is 2.13. The quantitative estimate of drug-likeness (QED) is 0.407. The lowest BCUT2D eigenvalue weighted by Gasteiger charge is -2.03. The van der Waals surface area contributed by atoms with Crippen LogP contribution in [0.3, 0.4) is 0 Å². The fraction of sp³-hybridized carbons (Fsp3) is 0.0588. The zero-order valence-corrected chi connectivity index (χ0v) is 14.1. The molecular weight excluding hydrogens is 342 g/mol. The average molecular weight is 354 g/mol. The lowest BCUT2D eigenvalue weighted by Crippen LogP contribution is -1.98. The van der Waals surface area contributed by atoms with Crippen LogP contribution in [0.2, 0.25) is 5.02 Å². The minimum Gasteiger partial charge on any atom is -0.227 e. The molecule has 118 valence electrons. The first-order valence-electron chi connectivity index (χ1n) is 7.30. The van der Waals surface area contributed by atoms with Crippen molar-refractivity contribution in [3.63, 3.8) is 0 Å². The highest BCUT2D eigenvalue weighted by atomic mass is 35.5. The summed E-state index contributed by atoms with van der Waals surface area (Å²) in [4.78, 5) is 8.69. The molecule has 0 fully saturated rings. The molecule has 2 aromatic carbocycles. The topological polar surface area (TPSA) is 56.5 Å². The van der Waals surface area contributed by atoms with Gasteiger partial charge in [-0.25, -0.2) is 9.97 Å². The van der Waals surface area contributed by atoms with Gasteiger partial charge in [-0.05, 0) is 23.8 Å². The predicted molar refractivity (Wildman–Crippen MR) is 95.5 cm³/mol. The van der Waals surface area contributed by atoms with Crippen molar-refractivity contribution < 1.29 is 0 Å². The molecule has 0 radical (unpaired) electrons. The number of hydrogen-bond donors (Lipinski definition) is 0. The van der Waals surface area contributed by atoms with Crippen molar-refractivity contribution in [1.82, 2.24) is 25.0 Å². The molecule has 0 aliphatic rings. The lowest BCUT2D eigenvalue weighted by molar-refractivity contribution is 0.817. The Morgan fingerprint density at radius 3 is 2.71 bits per heavy atom. The maximum Gasteiger partial charge on any atom is 0.187 e. The van der Waals surface area contributed by atoms with Gasteiger partial charge in [-0.3, -0.25) is 0 Å². The van der Waals surface area contributed by atoms with Crippen LogP contribution < -0.4 is 0 Å². The molecule has 0 spiro atoms. The van der Waals surface area contributed by atoms with Crippen LogP contribution in [-0.2, 0) is 5.75 Å². The van der Waals surface area contributed by atoms with E-state index in [9.17, 15) is 0 Å². The molecule has 0 saturated heterocycles. The number of rotatable bonds is 4. The van der Waals surface area contributed by atoms with Crippen molar-refractivity contribution in [3.8, 4) is 5.69 Å². The molecule has 0 bridgehead atoms. The number of halogens is 1. The third kappa shape index (κ3) is 2.98. The van der Waals surface area contributed by atoms with Crippen molar-refractivity contribution in [1.29, 1.82) is 0 Å². The summed E-state index contributed by atoms with van der Waals surface area (Å²) >= 11 is 7.69. The molecular formula is C17H12ClN5S. The normalized spacial score (nSPS) is 11.0. The van der Waals surface area contributed by atoms with Gasteiger partial charge in [0.25, 0.3) is 0 Å². The van der Waals surface area contributed by atoms with Gasteiger partial charge >= 0.3 is 0 Å². The Balaban J connectivity index is 1.69. The van der Waals surface area contributed by atoms with Gasteiger partial charge in [0.05, 0.1) is 5.69 Å². The number of thioether (sulfide) groups is 1. The minimum atomic E-state index is 0.642. The molecule has 2 aromatic heterocycles. The standard InChI is InChI=1S/C17H12ClN5S/c18-13-7-4-8-14(9-13)23-16-15(21-22-23)17(20-11-19-16)24-10-12-5-2-1-3-6-12/h1-9,11H,10H2. The Morgan fingerprint density at radius 1 is 1.00 bits per heavy atom. The number of benzene rings is 2. The predicted octanol–water partition coefficient (Wildman–Crippen LogP) is 4.16. The highest BCUT2D eigenvalue weighted by Crippen LogP contribution is 2.27. The first kappa shape index (κ1) is 15.1. The monoisotopic (exact) mass is 353 g/mol. The van der Waals surface area contributed by atoms with Crippen molar-refractivity contribution >= 4 is 34.5 Å². The maximum absolute atomic E-state index is 6.06. The molecule has 0 unspecified atom stereocenters. The zero-order valence-electron chi connectivity index (χ0n) is 12.5. The third-order valence-electron chi connectivity index (χ3n) is 3.48. The second kappa shape index (κ2) is 6.59. The summed E-state index contributed by atoms with van der Waals surface area (Å²) in [6, 6.07) is 17.7. The molecule has 4 rings (SSSR count). The third-order valence-corrected chi connectivity index (χ3v) is 4.76. The summed E-state index contributed by atoms with van der Waals surface area (Å²) in [6.07, 6.45) is 1.54. The van der Waals surface area contributed by atoms with E-state index >= 15 is 0 Å². The van der Waals surface area contributed by atoms with Crippen LogP contribution in [0, 0.1) is 0 Å². The molecule has 0 aliphatic carbocycles. The molecule has 5 nitrogen and oxygen atoms in total. The van der Waals surface area contributed by atoms with Crippen molar-refractivity contribution in [2.45, 2.75) is 10.8 Å². The SMILES string of the molecule is Clc1cccc(-n2nnc3c(SCc4ccccc4)ncnc32)c1. The summed E-state index contributed by atoms with van der Waals surface area (Å²) in [5.41, 5.74) is 3.42. The van der Waals surface area contributed by atoms with Crippen LogP contribution in [0.4, 0.5) is 0 Å². The van der Waals surface area contributed by atoms with Crippen LogP contribution in [0.1, 0.15) is 5.56 Å². The molecule has 0 saturated carbocycles. The summed E-state index contributed by atoms with van der Waals surface area (Å²) in [5, 5.41) is 9.93. The highest BCUT2D eigenvalue weighted by molar-refractivity contribution is 7.98. The van der Waals surface area contributed by atoms with Gasteiger partial charge in [-0.2, -0.15) is 4.68 Å². The second-order valence-electron chi connectivity index (χ2n) is 5.11. The summed E-state index contributed by atoms with van der Waals surface area (Å²) in [7, 11) is 0. The number of aromatic nitrogens is 5. The van der Waals surface area contributed by atoms with Crippen LogP contribution in [0.15, 0.2) is 66.0 Å². The Bertz CT molecular complexity index is 987. The van der Waals surface area contributed by atoms with Crippen LogP contribution >= 0.6 is 23.4 Å². The van der Waals surface area contributed by atoms with E-state index in [4.69, 9.17) is 11.6 Å². The molecule has 2 heterocycles.